The molecule has 1 rings (SSSR count). The van der Waals surface area contributed by atoms with Crippen LogP contribution in [0.1, 0.15) is 70.8 Å². The maximum Gasteiger partial charge on any atom is 0.0657 e. The molecule has 2 N–H and O–H groups in total. The summed E-state index contributed by atoms with van der Waals surface area (Å²) in [5.74, 6) is 0.772. The Morgan fingerprint density at radius 1 is 1.15 bits per heavy atom. The van der Waals surface area contributed by atoms with Crippen LogP contribution in [0.25, 0.3) is 0 Å². The minimum Gasteiger partial charge on any atom is -0.327 e. The predicted molar refractivity (Wildman–Crippen MR) is 87.0 cm³/mol. The highest BCUT2D eigenvalue weighted by molar-refractivity contribution is 5.28. The SMILES string of the molecule is CCc1nn(CCCC(C)C)c(CC)c1CC(N)CC. The van der Waals surface area contributed by atoms with E-state index in [2.05, 4.69) is 39.3 Å². The minimum absolute atomic E-state index is 0.263. The second-order valence-electron chi connectivity index (χ2n) is 6.21. The highest BCUT2D eigenvalue weighted by Gasteiger charge is 2.17. The molecule has 116 valence electrons. The Labute approximate surface area is 124 Å². The molecule has 1 atom stereocenters. The molecule has 0 aliphatic carbocycles. The van der Waals surface area contributed by atoms with E-state index in [4.69, 9.17) is 10.8 Å². The molecule has 1 aromatic heterocycles. The first-order valence-electron chi connectivity index (χ1n) is 8.36. The monoisotopic (exact) mass is 279 g/mol. The average Bonchev–Trinajstić information content (AvgIpc) is 2.75. The fraction of sp³-hybridized carbons (Fsp3) is 0.824. The van der Waals surface area contributed by atoms with Gasteiger partial charge in [0.25, 0.3) is 0 Å². The largest absolute Gasteiger partial charge is 0.327 e. The summed E-state index contributed by atoms with van der Waals surface area (Å²) in [4.78, 5) is 0. The molecule has 0 radical (unpaired) electrons. The zero-order valence-corrected chi connectivity index (χ0v) is 14.1. The van der Waals surface area contributed by atoms with Gasteiger partial charge in [-0.25, -0.2) is 0 Å². The van der Waals surface area contributed by atoms with E-state index in [9.17, 15) is 0 Å². The van der Waals surface area contributed by atoms with Gasteiger partial charge < -0.3 is 5.73 Å². The predicted octanol–water partition coefficient (Wildman–Crippen LogP) is 3.72. The Morgan fingerprint density at radius 3 is 2.35 bits per heavy atom. The number of nitrogens with zero attached hydrogens (tertiary/aromatic N) is 2. The van der Waals surface area contributed by atoms with Crippen molar-refractivity contribution >= 4 is 0 Å². The van der Waals surface area contributed by atoms with Gasteiger partial charge in [0.2, 0.25) is 0 Å². The highest BCUT2D eigenvalue weighted by atomic mass is 15.3. The molecule has 0 aliphatic rings. The van der Waals surface area contributed by atoms with Crippen LogP contribution < -0.4 is 5.73 Å². The maximum atomic E-state index is 6.16. The van der Waals surface area contributed by atoms with E-state index in [-0.39, 0.29) is 6.04 Å². The summed E-state index contributed by atoms with van der Waals surface area (Å²) in [6.07, 6.45) is 6.57. The second kappa shape index (κ2) is 8.46. The Kier molecular flexibility index (Phi) is 7.28. The second-order valence-corrected chi connectivity index (χ2v) is 6.21. The summed E-state index contributed by atoms with van der Waals surface area (Å²) >= 11 is 0. The molecular weight excluding hydrogens is 246 g/mol. The van der Waals surface area contributed by atoms with Crippen LogP contribution in [-0.4, -0.2) is 15.8 Å². The lowest BCUT2D eigenvalue weighted by Crippen LogP contribution is -2.22. The third kappa shape index (κ3) is 4.62. The Balaban J connectivity index is 2.89. The van der Waals surface area contributed by atoms with Gasteiger partial charge in [-0.1, -0.05) is 34.6 Å². The molecule has 0 bridgehead atoms. The lowest BCUT2D eigenvalue weighted by atomic mass is 10.00. The molecule has 0 saturated heterocycles. The van der Waals surface area contributed by atoms with Crippen molar-refractivity contribution in [1.29, 1.82) is 0 Å². The molecule has 3 nitrogen and oxygen atoms in total. The first kappa shape index (κ1) is 17.2. The van der Waals surface area contributed by atoms with Gasteiger partial charge in [0, 0.05) is 18.3 Å². The van der Waals surface area contributed by atoms with Crippen molar-refractivity contribution < 1.29 is 0 Å². The van der Waals surface area contributed by atoms with Crippen molar-refractivity contribution in [1.82, 2.24) is 9.78 Å². The molecule has 0 aliphatic heterocycles. The number of hydrogen-bond donors (Lipinski definition) is 1. The fourth-order valence-electron chi connectivity index (χ4n) is 2.75. The quantitative estimate of drug-likeness (QED) is 0.748. The normalized spacial score (nSPS) is 13.2. The van der Waals surface area contributed by atoms with Crippen LogP contribution >= 0.6 is 0 Å². The summed E-state index contributed by atoms with van der Waals surface area (Å²) in [6.45, 7) is 12.2. The van der Waals surface area contributed by atoms with Gasteiger partial charge in [0.05, 0.1) is 5.69 Å². The smallest absolute Gasteiger partial charge is 0.0657 e. The third-order valence-corrected chi connectivity index (χ3v) is 4.06. The highest BCUT2D eigenvalue weighted by Crippen LogP contribution is 2.19. The van der Waals surface area contributed by atoms with Gasteiger partial charge in [-0.05, 0) is 50.0 Å². The first-order valence-corrected chi connectivity index (χ1v) is 8.36. The van der Waals surface area contributed by atoms with Crippen molar-refractivity contribution in [2.24, 2.45) is 11.7 Å². The van der Waals surface area contributed by atoms with Gasteiger partial charge in [-0.3, -0.25) is 4.68 Å². The van der Waals surface area contributed by atoms with E-state index in [1.165, 1.54) is 29.8 Å². The fourth-order valence-corrected chi connectivity index (χ4v) is 2.75. The van der Waals surface area contributed by atoms with Crippen molar-refractivity contribution in [2.45, 2.75) is 85.7 Å². The third-order valence-electron chi connectivity index (χ3n) is 4.06. The van der Waals surface area contributed by atoms with Crippen LogP contribution in [-0.2, 0) is 25.8 Å². The maximum absolute atomic E-state index is 6.16. The molecule has 0 amide bonds. The van der Waals surface area contributed by atoms with Gasteiger partial charge in [-0.15, -0.1) is 0 Å². The van der Waals surface area contributed by atoms with Crippen LogP contribution in [0.15, 0.2) is 0 Å². The molecule has 0 saturated carbocycles. The van der Waals surface area contributed by atoms with Crippen LogP contribution in [0.5, 0.6) is 0 Å². The standard InChI is InChI=1S/C17H33N3/c1-6-14(18)12-15-16(7-2)19-20(17(15)8-3)11-9-10-13(4)5/h13-14H,6-12,18H2,1-5H3. The molecule has 3 heteroatoms. The van der Waals surface area contributed by atoms with E-state index in [0.717, 1.165) is 38.1 Å². The molecular formula is C17H33N3. The van der Waals surface area contributed by atoms with E-state index < -0.39 is 0 Å². The average molecular weight is 279 g/mol. The number of aryl methyl sites for hydroxylation is 2. The lowest BCUT2D eigenvalue weighted by Gasteiger charge is -2.12. The number of nitrogens with two attached hydrogens (primary N) is 1. The minimum atomic E-state index is 0.263. The zero-order valence-electron chi connectivity index (χ0n) is 14.1. The zero-order chi connectivity index (χ0) is 15.1. The van der Waals surface area contributed by atoms with E-state index in [0.29, 0.717) is 0 Å². The van der Waals surface area contributed by atoms with E-state index in [1.54, 1.807) is 0 Å². The summed E-state index contributed by atoms with van der Waals surface area (Å²) in [7, 11) is 0. The Bertz CT molecular complexity index is 393. The van der Waals surface area contributed by atoms with Crippen molar-refractivity contribution in [3.8, 4) is 0 Å². The van der Waals surface area contributed by atoms with Gasteiger partial charge in [0.1, 0.15) is 0 Å². The van der Waals surface area contributed by atoms with Crippen LogP contribution in [0.4, 0.5) is 0 Å². The number of hydrogen-bond acceptors (Lipinski definition) is 2. The van der Waals surface area contributed by atoms with Crippen molar-refractivity contribution in [3.05, 3.63) is 17.0 Å². The van der Waals surface area contributed by atoms with Crippen LogP contribution in [0, 0.1) is 5.92 Å². The summed E-state index contributed by atoms with van der Waals surface area (Å²) in [6, 6.07) is 0.263. The summed E-state index contributed by atoms with van der Waals surface area (Å²) in [5, 5.41) is 4.84. The molecule has 20 heavy (non-hydrogen) atoms. The molecule has 0 fully saturated rings. The molecule has 0 aromatic carbocycles. The molecule has 0 spiro atoms. The molecule has 1 unspecified atom stereocenters. The van der Waals surface area contributed by atoms with Crippen LogP contribution in [0.2, 0.25) is 0 Å². The Morgan fingerprint density at radius 2 is 1.85 bits per heavy atom. The van der Waals surface area contributed by atoms with E-state index in [1.807, 2.05) is 0 Å². The number of rotatable bonds is 9. The Hall–Kier alpha value is -0.830. The molecule has 1 heterocycles. The van der Waals surface area contributed by atoms with Crippen molar-refractivity contribution in [2.75, 3.05) is 0 Å². The van der Waals surface area contributed by atoms with E-state index >= 15 is 0 Å². The number of aromatic nitrogens is 2. The molecule has 1 aromatic rings. The summed E-state index contributed by atoms with van der Waals surface area (Å²) < 4.78 is 2.25. The van der Waals surface area contributed by atoms with Gasteiger partial charge in [0.15, 0.2) is 0 Å². The lowest BCUT2D eigenvalue weighted by molar-refractivity contribution is 0.478. The van der Waals surface area contributed by atoms with Gasteiger partial charge >= 0.3 is 0 Å². The summed E-state index contributed by atoms with van der Waals surface area (Å²) in [5.41, 5.74) is 10.3. The first-order chi connectivity index (χ1) is 9.53. The van der Waals surface area contributed by atoms with Crippen LogP contribution in [0.3, 0.4) is 0 Å². The topological polar surface area (TPSA) is 43.8 Å². The van der Waals surface area contributed by atoms with Crippen molar-refractivity contribution in [3.63, 3.8) is 0 Å². The van der Waals surface area contributed by atoms with Gasteiger partial charge in [-0.2, -0.15) is 5.10 Å².